The van der Waals surface area contributed by atoms with E-state index >= 15 is 0 Å². The lowest BCUT2D eigenvalue weighted by atomic mass is 10.1. The van der Waals surface area contributed by atoms with Crippen molar-refractivity contribution in [3.05, 3.63) is 29.8 Å². The highest BCUT2D eigenvalue weighted by Gasteiger charge is 2.29. The van der Waals surface area contributed by atoms with E-state index in [9.17, 15) is 4.79 Å². The minimum Gasteiger partial charge on any atom is -0.453 e. The minimum absolute atomic E-state index is 0.257. The van der Waals surface area contributed by atoms with Crippen molar-refractivity contribution in [2.24, 2.45) is 0 Å². The molecule has 0 aromatic heterocycles. The molecule has 100 valence electrons. The molecule has 1 heterocycles. The van der Waals surface area contributed by atoms with Crippen LogP contribution in [-0.2, 0) is 4.74 Å². The predicted molar refractivity (Wildman–Crippen MR) is 71.9 cm³/mol. The van der Waals surface area contributed by atoms with E-state index in [4.69, 9.17) is 10.00 Å². The van der Waals surface area contributed by atoms with E-state index in [1.165, 1.54) is 7.11 Å². The normalized spacial score (nSPS) is 17.9. The van der Waals surface area contributed by atoms with Crippen LogP contribution in [0.2, 0.25) is 0 Å². The monoisotopic (exact) mass is 259 g/mol. The van der Waals surface area contributed by atoms with Gasteiger partial charge in [0.2, 0.25) is 0 Å². The third-order valence-electron chi connectivity index (χ3n) is 3.53. The number of hydrogen-bond donors (Lipinski definition) is 0. The quantitative estimate of drug-likeness (QED) is 0.813. The molecule has 19 heavy (non-hydrogen) atoms. The fraction of sp³-hybridized carbons (Fsp3) is 0.429. The molecular weight excluding hydrogens is 242 g/mol. The molecule has 5 heteroatoms. The first-order valence-electron chi connectivity index (χ1n) is 6.21. The Balaban J connectivity index is 2.07. The van der Waals surface area contributed by atoms with Crippen LogP contribution in [0.1, 0.15) is 12.0 Å². The number of likely N-dealkylation sites (N-methyl/N-ethyl adjacent to an activating group) is 1. The minimum atomic E-state index is -0.276. The van der Waals surface area contributed by atoms with Crippen molar-refractivity contribution >= 4 is 11.8 Å². The maximum atomic E-state index is 11.5. The molecule has 0 radical (unpaired) electrons. The zero-order chi connectivity index (χ0) is 13.8. The number of nitrogens with zero attached hydrogens (tertiary/aromatic N) is 3. The summed E-state index contributed by atoms with van der Waals surface area (Å²) in [5.74, 6) is 0. The molecule has 1 amide bonds. The zero-order valence-corrected chi connectivity index (χ0v) is 11.2. The van der Waals surface area contributed by atoms with Crippen molar-refractivity contribution in [3.63, 3.8) is 0 Å². The molecule has 1 fully saturated rings. The Hall–Kier alpha value is -2.22. The van der Waals surface area contributed by atoms with Gasteiger partial charge in [0, 0.05) is 31.9 Å². The third kappa shape index (κ3) is 2.79. The molecule has 0 spiro atoms. The maximum absolute atomic E-state index is 11.5. The van der Waals surface area contributed by atoms with Gasteiger partial charge in [-0.05, 0) is 24.6 Å². The number of benzene rings is 1. The highest BCUT2D eigenvalue weighted by Crippen LogP contribution is 2.22. The lowest BCUT2D eigenvalue weighted by molar-refractivity contribution is 0.132. The number of hydrogen-bond acceptors (Lipinski definition) is 4. The summed E-state index contributed by atoms with van der Waals surface area (Å²) in [6.45, 7) is 1.36. The van der Waals surface area contributed by atoms with Crippen LogP contribution < -0.4 is 4.90 Å². The second kappa shape index (κ2) is 5.61. The molecule has 1 aromatic carbocycles. The molecule has 2 rings (SSSR count). The Morgan fingerprint density at radius 3 is 3.05 bits per heavy atom. The van der Waals surface area contributed by atoms with Gasteiger partial charge in [0.1, 0.15) is 0 Å². The number of carbonyl (C=O) groups excluding carboxylic acids is 1. The highest BCUT2D eigenvalue weighted by atomic mass is 16.5. The first-order valence-corrected chi connectivity index (χ1v) is 6.21. The molecule has 5 nitrogen and oxygen atoms in total. The fourth-order valence-corrected chi connectivity index (χ4v) is 2.36. The van der Waals surface area contributed by atoms with Crippen LogP contribution in [-0.4, -0.2) is 44.3 Å². The molecule has 1 aliphatic rings. The molecule has 1 saturated heterocycles. The Kier molecular flexibility index (Phi) is 3.91. The van der Waals surface area contributed by atoms with Crippen molar-refractivity contribution in [2.75, 3.05) is 32.1 Å². The summed E-state index contributed by atoms with van der Waals surface area (Å²) in [7, 11) is 3.39. The Morgan fingerprint density at radius 1 is 1.58 bits per heavy atom. The van der Waals surface area contributed by atoms with Crippen LogP contribution in [0.4, 0.5) is 10.5 Å². The number of anilines is 1. The summed E-state index contributed by atoms with van der Waals surface area (Å²) in [4.78, 5) is 15.3. The van der Waals surface area contributed by atoms with Crippen molar-refractivity contribution in [1.82, 2.24) is 4.90 Å². The van der Waals surface area contributed by atoms with Gasteiger partial charge in [0.05, 0.1) is 18.7 Å². The molecule has 1 aromatic rings. The van der Waals surface area contributed by atoms with E-state index in [1.54, 1.807) is 11.0 Å². The zero-order valence-electron chi connectivity index (χ0n) is 11.2. The van der Waals surface area contributed by atoms with E-state index in [-0.39, 0.29) is 12.1 Å². The van der Waals surface area contributed by atoms with Gasteiger partial charge in [-0.15, -0.1) is 0 Å². The lowest BCUT2D eigenvalue weighted by Crippen LogP contribution is -2.36. The van der Waals surface area contributed by atoms with Gasteiger partial charge >= 0.3 is 6.09 Å². The van der Waals surface area contributed by atoms with Gasteiger partial charge in [-0.2, -0.15) is 5.26 Å². The number of likely N-dealkylation sites (tertiary alicyclic amines) is 1. The Bertz CT molecular complexity index is 510. The van der Waals surface area contributed by atoms with E-state index < -0.39 is 0 Å². The molecule has 1 atom stereocenters. The number of carbonyl (C=O) groups is 1. The third-order valence-corrected chi connectivity index (χ3v) is 3.53. The first kappa shape index (κ1) is 13.2. The molecule has 0 aliphatic carbocycles. The first-order chi connectivity index (χ1) is 9.15. The smallest absolute Gasteiger partial charge is 0.409 e. The number of ether oxygens (including phenoxy) is 1. The van der Waals surface area contributed by atoms with Crippen molar-refractivity contribution < 1.29 is 9.53 Å². The molecule has 1 unspecified atom stereocenters. The van der Waals surface area contributed by atoms with Gasteiger partial charge < -0.3 is 14.5 Å². The highest BCUT2D eigenvalue weighted by molar-refractivity contribution is 5.68. The van der Waals surface area contributed by atoms with Crippen molar-refractivity contribution in [2.45, 2.75) is 12.5 Å². The summed E-state index contributed by atoms with van der Waals surface area (Å²) in [5.41, 5.74) is 1.64. The molecule has 0 N–H and O–H groups in total. The molecular formula is C14H17N3O2. The Morgan fingerprint density at radius 2 is 2.37 bits per heavy atom. The molecule has 0 saturated carbocycles. The van der Waals surface area contributed by atoms with Gasteiger partial charge in [-0.1, -0.05) is 6.07 Å². The van der Waals surface area contributed by atoms with Crippen LogP contribution >= 0.6 is 0 Å². The van der Waals surface area contributed by atoms with Gasteiger partial charge in [0.25, 0.3) is 0 Å². The summed E-state index contributed by atoms with van der Waals surface area (Å²) < 4.78 is 4.73. The van der Waals surface area contributed by atoms with Crippen LogP contribution in [0.5, 0.6) is 0 Å². The summed E-state index contributed by atoms with van der Waals surface area (Å²) in [6.07, 6.45) is 0.629. The van der Waals surface area contributed by atoms with Gasteiger partial charge in [0.15, 0.2) is 0 Å². The van der Waals surface area contributed by atoms with Crippen molar-refractivity contribution in [1.29, 1.82) is 5.26 Å². The summed E-state index contributed by atoms with van der Waals surface area (Å²) in [5, 5.41) is 8.92. The van der Waals surface area contributed by atoms with E-state index in [0.717, 1.165) is 12.1 Å². The van der Waals surface area contributed by atoms with Crippen molar-refractivity contribution in [3.8, 4) is 6.07 Å². The number of amides is 1. The standard InChI is InChI=1S/C14H17N3O2/c1-16(12-5-3-4-11(8-12)9-15)13-6-7-17(10-13)14(18)19-2/h3-5,8,13H,6-7,10H2,1-2H3. The number of methoxy groups -OCH3 is 1. The van der Waals surface area contributed by atoms with Crippen LogP contribution in [0, 0.1) is 11.3 Å². The van der Waals surface area contributed by atoms with Gasteiger partial charge in [-0.25, -0.2) is 4.79 Å². The average Bonchev–Trinajstić information content (AvgIpc) is 2.95. The Labute approximate surface area is 113 Å². The van der Waals surface area contributed by atoms with E-state index in [2.05, 4.69) is 11.0 Å². The summed E-state index contributed by atoms with van der Waals surface area (Å²) >= 11 is 0. The number of rotatable bonds is 2. The largest absolute Gasteiger partial charge is 0.453 e. The second-order valence-corrected chi connectivity index (χ2v) is 4.63. The summed E-state index contributed by atoms with van der Waals surface area (Å²) in [6, 6.07) is 9.89. The van der Waals surface area contributed by atoms with Crippen LogP contribution in [0.25, 0.3) is 0 Å². The van der Waals surface area contributed by atoms with E-state index in [0.29, 0.717) is 18.7 Å². The number of nitriles is 1. The van der Waals surface area contributed by atoms with Gasteiger partial charge in [-0.3, -0.25) is 0 Å². The topological polar surface area (TPSA) is 56.6 Å². The second-order valence-electron chi connectivity index (χ2n) is 4.63. The van der Waals surface area contributed by atoms with E-state index in [1.807, 2.05) is 25.2 Å². The molecule has 1 aliphatic heterocycles. The lowest BCUT2D eigenvalue weighted by Gasteiger charge is -2.26. The molecule has 0 bridgehead atoms. The van der Waals surface area contributed by atoms with Crippen LogP contribution in [0.3, 0.4) is 0 Å². The maximum Gasteiger partial charge on any atom is 0.409 e. The SMILES string of the molecule is COC(=O)N1CCC(N(C)c2cccc(C#N)c2)C1. The van der Waals surface area contributed by atoms with Crippen LogP contribution in [0.15, 0.2) is 24.3 Å². The predicted octanol–water partition coefficient (Wildman–Crippen LogP) is 1.84. The fourth-order valence-electron chi connectivity index (χ4n) is 2.36. The average molecular weight is 259 g/mol.